The minimum atomic E-state index is -0.211. The molecule has 2 heteroatoms. The zero-order valence-electron chi connectivity index (χ0n) is 4.02. The maximum atomic E-state index is 9.82. The highest BCUT2D eigenvalue weighted by Gasteiger charge is 1.81. The summed E-state index contributed by atoms with van der Waals surface area (Å²) in [6.45, 7) is 3.65. The molecule has 0 bridgehead atoms. The van der Waals surface area contributed by atoms with Crippen LogP contribution < -0.4 is 0 Å². The van der Waals surface area contributed by atoms with Crippen molar-refractivity contribution < 1.29 is 9.53 Å². The number of esters is 1. The lowest BCUT2D eigenvalue weighted by atomic mass is 10.9. The van der Waals surface area contributed by atoms with Crippen molar-refractivity contribution in [3.8, 4) is 0 Å². The Balaban J connectivity index is 2.83. The first-order valence-electron chi connectivity index (χ1n) is 1.90. The first-order chi connectivity index (χ1) is 2.77. The van der Waals surface area contributed by atoms with E-state index in [0.29, 0.717) is 6.61 Å². The Labute approximate surface area is 37.1 Å². The number of carbonyl (C=O) groups excluding carboxylic acids is 1. The number of rotatable bonds is 1. The van der Waals surface area contributed by atoms with E-state index in [4.69, 9.17) is 0 Å². The molecule has 0 radical (unpaired) electrons. The Morgan fingerprint density at radius 2 is 2.33 bits per heavy atom. The molecular weight excluding hydrogens is 82.0 g/mol. The van der Waals surface area contributed by atoms with Crippen LogP contribution in [0.2, 0.25) is 0 Å². The van der Waals surface area contributed by atoms with Gasteiger partial charge < -0.3 is 4.74 Å². The number of hydrogen-bond donors (Lipinski definition) is 0. The van der Waals surface area contributed by atoms with E-state index in [0.717, 1.165) is 0 Å². The fourth-order valence-corrected chi connectivity index (χ4v) is 0.203. The molecule has 0 rings (SSSR count). The average Bonchev–Trinajstić information content (AvgIpc) is 1.35. The van der Waals surface area contributed by atoms with Gasteiger partial charge in [-0.1, -0.05) is 0 Å². The van der Waals surface area contributed by atoms with Crippen LogP contribution in [-0.2, 0) is 9.53 Å². The second kappa shape index (κ2) is 2.69. The quantitative estimate of drug-likeness (QED) is 0.440. The van der Waals surface area contributed by atoms with Crippen molar-refractivity contribution in [2.45, 2.75) is 13.8 Å². The third-order valence-electron chi connectivity index (χ3n) is 0.348. The molecule has 0 saturated carbocycles. The first kappa shape index (κ1) is 5.47. The van der Waals surface area contributed by atoms with Crippen LogP contribution in [0, 0.1) is 0 Å². The van der Waals surface area contributed by atoms with E-state index in [-0.39, 0.29) is 5.97 Å². The van der Waals surface area contributed by atoms with Gasteiger partial charge in [0.1, 0.15) is 0 Å². The molecule has 0 saturated heterocycles. The van der Waals surface area contributed by atoms with Gasteiger partial charge in [-0.3, -0.25) is 4.79 Å². The van der Waals surface area contributed by atoms with E-state index in [1.165, 1.54) is 6.92 Å². The molecule has 0 aromatic rings. The third kappa shape index (κ3) is 3.47. The predicted molar refractivity (Wildman–Crippen MR) is 22.3 cm³/mol. The van der Waals surface area contributed by atoms with E-state index in [2.05, 4.69) is 4.74 Å². The summed E-state index contributed by atoms with van der Waals surface area (Å²) in [5.74, 6) is -0.211. The summed E-state index contributed by atoms with van der Waals surface area (Å²) in [5.41, 5.74) is 0. The second-order valence-corrected chi connectivity index (χ2v) is 0.925. The number of ether oxygens (including phenoxy) is 1. The highest BCUT2D eigenvalue weighted by atomic mass is 16.8. The normalized spacial score (nSPS) is 7.67. The van der Waals surface area contributed by atoms with Gasteiger partial charge >= 0.3 is 5.97 Å². The maximum absolute atomic E-state index is 9.82. The summed E-state index contributed by atoms with van der Waals surface area (Å²) >= 11 is 0. The molecule has 6 heavy (non-hydrogen) atoms. The van der Waals surface area contributed by atoms with E-state index in [1.807, 2.05) is 0 Å². The molecule has 0 aromatic carbocycles. The first-order valence-corrected chi connectivity index (χ1v) is 1.90. The van der Waals surface area contributed by atoms with Crippen LogP contribution in [0.4, 0.5) is 0 Å². The van der Waals surface area contributed by atoms with E-state index < -0.39 is 0 Å². The largest absolute Gasteiger partial charge is 0.466 e. The molecule has 0 N–H and O–H groups in total. The fourth-order valence-electron chi connectivity index (χ4n) is 0.203. The monoisotopic (exact) mass is 90.1 g/mol. The van der Waals surface area contributed by atoms with Gasteiger partial charge in [0.25, 0.3) is 0 Å². The summed E-state index contributed by atoms with van der Waals surface area (Å²) in [7, 11) is 0. The predicted octanol–water partition coefficient (Wildman–Crippen LogP) is 0.569. The van der Waals surface area contributed by atoms with Crippen molar-refractivity contribution >= 4 is 5.97 Å². The van der Waals surface area contributed by atoms with Crippen LogP contribution in [-0.4, -0.2) is 12.6 Å². The van der Waals surface area contributed by atoms with Crippen molar-refractivity contribution in [2.75, 3.05) is 6.61 Å². The maximum Gasteiger partial charge on any atom is 0.302 e. The molecule has 0 aromatic heterocycles. The Kier molecular flexibility index (Phi) is 2.46. The van der Waals surface area contributed by atoms with Crippen LogP contribution in [0.1, 0.15) is 13.8 Å². The minimum Gasteiger partial charge on any atom is -0.466 e. The van der Waals surface area contributed by atoms with Gasteiger partial charge in [0.15, 0.2) is 0 Å². The van der Waals surface area contributed by atoms with Crippen molar-refractivity contribution in [2.24, 2.45) is 0 Å². The molecule has 0 aliphatic carbocycles. The van der Waals surface area contributed by atoms with Gasteiger partial charge in [-0.2, -0.15) is 0 Å². The van der Waals surface area contributed by atoms with E-state index in [9.17, 15) is 4.79 Å². The highest BCUT2D eigenvalue weighted by Crippen LogP contribution is 1.69. The Morgan fingerprint density at radius 1 is 1.83 bits per heavy atom. The topological polar surface area (TPSA) is 26.3 Å². The number of hydrogen-bond acceptors (Lipinski definition) is 2. The lowest BCUT2D eigenvalue weighted by Gasteiger charge is -1.89. The van der Waals surface area contributed by atoms with Crippen LogP contribution >= 0.6 is 0 Å². The fraction of sp³-hybridized carbons (Fsp3) is 0.750. The molecule has 0 aliphatic heterocycles. The zero-order valence-corrected chi connectivity index (χ0v) is 4.02. The Hall–Kier alpha value is -0.530. The highest BCUT2D eigenvalue weighted by molar-refractivity contribution is 5.65. The molecule has 0 unspecified atom stereocenters. The van der Waals surface area contributed by atoms with Crippen LogP contribution in [0.25, 0.3) is 0 Å². The third-order valence-corrected chi connectivity index (χ3v) is 0.348. The SMILES string of the molecule is CCO[14C](C)=O. The molecular formula is C4H8O2. The second-order valence-electron chi connectivity index (χ2n) is 0.925. The molecule has 0 atom stereocenters. The van der Waals surface area contributed by atoms with Crippen LogP contribution in [0.5, 0.6) is 0 Å². The molecule has 2 nitrogen and oxygen atoms in total. The molecule has 0 heterocycles. The molecule has 0 amide bonds. The van der Waals surface area contributed by atoms with Gasteiger partial charge in [-0.05, 0) is 6.92 Å². The zero-order chi connectivity index (χ0) is 4.99. The molecule has 0 fully saturated rings. The van der Waals surface area contributed by atoms with E-state index in [1.54, 1.807) is 6.92 Å². The van der Waals surface area contributed by atoms with Crippen molar-refractivity contribution in [1.29, 1.82) is 0 Å². The standard InChI is InChI=1S/C4H8O2/c1-3-6-4(2)5/h3H2,1-2H3/i4+2. The average molecular weight is 90.1 g/mol. The molecule has 0 aliphatic rings. The van der Waals surface area contributed by atoms with E-state index >= 15 is 0 Å². The molecule has 0 spiro atoms. The summed E-state index contributed by atoms with van der Waals surface area (Å²) in [6, 6.07) is 0. The summed E-state index contributed by atoms with van der Waals surface area (Å²) in [5, 5.41) is 0. The smallest absolute Gasteiger partial charge is 0.302 e. The summed E-state index contributed by atoms with van der Waals surface area (Å²) in [6.07, 6.45) is 0. The van der Waals surface area contributed by atoms with Gasteiger partial charge in [0.05, 0.1) is 6.61 Å². The van der Waals surface area contributed by atoms with Gasteiger partial charge in [0.2, 0.25) is 0 Å². The van der Waals surface area contributed by atoms with Gasteiger partial charge in [-0.25, -0.2) is 0 Å². The van der Waals surface area contributed by atoms with Crippen molar-refractivity contribution in [3.63, 3.8) is 0 Å². The number of carbonyl (C=O) groups is 1. The van der Waals surface area contributed by atoms with Crippen molar-refractivity contribution in [1.82, 2.24) is 0 Å². The Morgan fingerprint density at radius 3 is 2.33 bits per heavy atom. The van der Waals surface area contributed by atoms with Crippen LogP contribution in [0.15, 0.2) is 0 Å². The lowest BCUT2D eigenvalue weighted by Crippen LogP contribution is -1.95. The summed E-state index contributed by atoms with van der Waals surface area (Å²) < 4.78 is 4.40. The van der Waals surface area contributed by atoms with Crippen molar-refractivity contribution in [3.05, 3.63) is 0 Å². The minimum absolute atomic E-state index is 0.211. The van der Waals surface area contributed by atoms with Gasteiger partial charge in [0, 0.05) is 6.92 Å². The summed E-state index contributed by atoms with van der Waals surface area (Å²) in [4.78, 5) is 9.82. The van der Waals surface area contributed by atoms with Crippen LogP contribution in [0.3, 0.4) is 0 Å². The lowest BCUT2D eigenvalue weighted by molar-refractivity contribution is -0.140. The van der Waals surface area contributed by atoms with Gasteiger partial charge in [-0.15, -0.1) is 0 Å². The molecule has 36 valence electrons. The Bertz CT molecular complexity index is 49.5.